The van der Waals surface area contributed by atoms with Crippen LogP contribution in [0, 0.1) is 0 Å². The number of furan rings is 1. The van der Waals surface area contributed by atoms with E-state index in [0.717, 1.165) is 49.4 Å². The van der Waals surface area contributed by atoms with E-state index in [1.54, 1.807) is 6.26 Å². The molecule has 0 aromatic carbocycles. The summed E-state index contributed by atoms with van der Waals surface area (Å²) in [5.74, 6) is 0.889. The fourth-order valence-electron chi connectivity index (χ4n) is 4.95. The Morgan fingerprint density at radius 3 is 2.44 bits per heavy atom. The second-order valence-corrected chi connectivity index (χ2v) is 8.54. The first-order valence-corrected chi connectivity index (χ1v) is 10.8. The summed E-state index contributed by atoms with van der Waals surface area (Å²) >= 11 is 5.65. The van der Waals surface area contributed by atoms with Gasteiger partial charge in [0.1, 0.15) is 5.76 Å². The van der Waals surface area contributed by atoms with E-state index in [2.05, 4.69) is 20.9 Å². The van der Waals surface area contributed by atoms with Crippen molar-refractivity contribution in [1.29, 1.82) is 0 Å². The number of amides is 2. The second-order valence-electron chi connectivity index (χ2n) is 8.15. The zero-order valence-electron chi connectivity index (χ0n) is 15.8. The molecule has 27 heavy (non-hydrogen) atoms. The standard InChI is InChI=1S/C20H30N4O2S/c25-19(22-14-5-2-1-3-6-14)23-15-11-16-8-9-17(12-15)24(16)20(27)21-13-18-7-4-10-26-18/h4,7,10,14-17H,1-3,5-6,8-9,11-13H2,(H,21,27)(H2,22,23,25)/t15?,16-,17+. The lowest BCUT2D eigenvalue weighted by atomic mass is 9.95. The molecule has 0 spiro atoms. The summed E-state index contributed by atoms with van der Waals surface area (Å²) in [6.07, 6.45) is 11.9. The second kappa shape index (κ2) is 8.50. The fraction of sp³-hybridized carbons (Fsp3) is 0.700. The number of carbonyl (C=O) groups is 1. The molecule has 2 bridgehead atoms. The van der Waals surface area contributed by atoms with E-state index in [1.807, 2.05) is 12.1 Å². The molecule has 1 saturated carbocycles. The van der Waals surface area contributed by atoms with E-state index < -0.39 is 0 Å². The van der Waals surface area contributed by atoms with Crippen LogP contribution >= 0.6 is 12.2 Å². The number of piperidine rings is 1. The summed E-state index contributed by atoms with van der Waals surface area (Å²) in [5, 5.41) is 10.5. The van der Waals surface area contributed by atoms with Crippen LogP contribution in [0.15, 0.2) is 22.8 Å². The third-order valence-electron chi connectivity index (χ3n) is 6.24. The van der Waals surface area contributed by atoms with Crippen molar-refractivity contribution in [2.75, 3.05) is 0 Å². The number of thiocarbonyl (C=S) groups is 1. The van der Waals surface area contributed by atoms with E-state index >= 15 is 0 Å². The molecule has 3 aliphatic rings. The summed E-state index contributed by atoms with van der Waals surface area (Å²) in [6.45, 7) is 0.618. The highest BCUT2D eigenvalue weighted by Crippen LogP contribution is 2.35. The number of fused-ring (bicyclic) bond motifs is 2. The Kier molecular flexibility index (Phi) is 5.86. The van der Waals surface area contributed by atoms with Crippen molar-refractivity contribution in [3.8, 4) is 0 Å². The number of nitrogens with one attached hydrogen (secondary N) is 3. The SMILES string of the molecule is O=C(NC1CCCCC1)NC1C[C@H]2CC[C@@H](C1)N2C(=S)NCc1ccco1. The predicted octanol–water partition coefficient (Wildman–Crippen LogP) is 3.28. The van der Waals surface area contributed by atoms with Gasteiger partial charge in [-0.05, 0) is 62.9 Å². The molecule has 1 aromatic rings. The molecule has 2 amide bonds. The topological polar surface area (TPSA) is 69.5 Å². The third-order valence-corrected chi connectivity index (χ3v) is 6.59. The molecule has 3 heterocycles. The largest absolute Gasteiger partial charge is 0.467 e. The Hall–Kier alpha value is -1.76. The number of hydrogen-bond acceptors (Lipinski definition) is 3. The van der Waals surface area contributed by atoms with Crippen LogP contribution in [-0.4, -0.2) is 40.2 Å². The zero-order chi connectivity index (χ0) is 18.6. The minimum Gasteiger partial charge on any atom is -0.467 e. The first kappa shape index (κ1) is 18.6. The normalized spacial score (nSPS) is 28.0. The molecule has 4 rings (SSSR count). The van der Waals surface area contributed by atoms with Gasteiger partial charge in [0.05, 0.1) is 12.8 Å². The van der Waals surface area contributed by atoms with Crippen molar-refractivity contribution < 1.29 is 9.21 Å². The summed E-state index contributed by atoms with van der Waals surface area (Å²) in [7, 11) is 0. The van der Waals surface area contributed by atoms with Crippen LogP contribution in [0.5, 0.6) is 0 Å². The number of hydrogen-bond donors (Lipinski definition) is 3. The summed E-state index contributed by atoms with van der Waals surface area (Å²) in [6, 6.07) is 5.29. The maximum Gasteiger partial charge on any atom is 0.315 e. The van der Waals surface area contributed by atoms with Crippen molar-refractivity contribution in [2.24, 2.45) is 0 Å². The molecule has 3 fully saturated rings. The predicted molar refractivity (Wildman–Crippen MR) is 108 cm³/mol. The molecule has 2 saturated heterocycles. The molecule has 0 radical (unpaired) electrons. The molecule has 3 N–H and O–H groups in total. The minimum atomic E-state index is 0.0123. The van der Waals surface area contributed by atoms with E-state index in [4.69, 9.17) is 16.6 Å². The number of nitrogens with zero attached hydrogens (tertiary/aromatic N) is 1. The Balaban J connectivity index is 1.25. The van der Waals surface area contributed by atoms with Gasteiger partial charge in [0, 0.05) is 24.2 Å². The van der Waals surface area contributed by atoms with Gasteiger partial charge in [-0.3, -0.25) is 0 Å². The van der Waals surface area contributed by atoms with Gasteiger partial charge in [-0.25, -0.2) is 4.79 Å². The van der Waals surface area contributed by atoms with Gasteiger partial charge in [0.25, 0.3) is 0 Å². The van der Waals surface area contributed by atoms with Crippen molar-refractivity contribution in [3.63, 3.8) is 0 Å². The van der Waals surface area contributed by atoms with Gasteiger partial charge in [0.15, 0.2) is 5.11 Å². The highest BCUT2D eigenvalue weighted by molar-refractivity contribution is 7.80. The molecular weight excluding hydrogens is 360 g/mol. The fourth-order valence-corrected chi connectivity index (χ4v) is 5.32. The van der Waals surface area contributed by atoms with Crippen LogP contribution in [0.2, 0.25) is 0 Å². The van der Waals surface area contributed by atoms with E-state index in [0.29, 0.717) is 24.7 Å². The van der Waals surface area contributed by atoms with E-state index in [9.17, 15) is 4.79 Å². The average molecular weight is 391 g/mol. The van der Waals surface area contributed by atoms with Crippen molar-refractivity contribution >= 4 is 23.4 Å². The van der Waals surface area contributed by atoms with Gasteiger partial charge in [-0.2, -0.15) is 0 Å². The lowest BCUT2D eigenvalue weighted by Gasteiger charge is -2.40. The first-order valence-electron chi connectivity index (χ1n) is 10.3. The lowest BCUT2D eigenvalue weighted by Crippen LogP contribution is -2.56. The van der Waals surface area contributed by atoms with Crippen LogP contribution in [0.1, 0.15) is 63.5 Å². The zero-order valence-corrected chi connectivity index (χ0v) is 16.6. The van der Waals surface area contributed by atoms with Crippen molar-refractivity contribution in [2.45, 2.75) is 88.5 Å². The highest BCUT2D eigenvalue weighted by Gasteiger charge is 2.42. The molecule has 1 unspecified atom stereocenters. The van der Waals surface area contributed by atoms with Gasteiger partial charge in [-0.1, -0.05) is 19.3 Å². The summed E-state index contributed by atoms with van der Waals surface area (Å²) < 4.78 is 5.37. The Bertz CT molecular complexity index is 630. The van der Waals surface area contributed by atoms with Gasteiger partial charge in [-0.15, -0.1) is 0 Å². The number of carbonyl (C=O) groups excluding carboxylic acids is 1. The number of urea groups is 1. The first-order chi connectivity index (χ1) is 13.2. The van der Waals surface area contributed by atoms with Crippen LogP contribution < -0.4 is 16.0 Å². The van der Waals surface area contributed by atoms with Crippen molar-refractivity contribution in [1.82, 2.24) is 20.9 Å². The third kappa shape index (κ3) is 4.57. The van der Waals surface area contributed by atoms with E-state index in [1.165, 1.54) is 19.3 Å². The van der Waals surface area contributed by atoms with Gasteiger partial charge >= 0.3 is 6.03 Å². The Morgan fingerprint density at radius 2 is 1.78 bits per heavy atom. The Morgan fingerprint density at radius 1 is 1.07 bits per heavy atom. The van der Waals surface area contributed by atoms with Crippen LogP contribution in [0.25, 0.3) is 0 Å². The average Bonchev–Trinajstić information content (AvgIpc) is 3.27. The van der Waals surface area contributed by atoms with Crippen molar-refractivity contribution in [3.05, 3.63) is 24.2 Å². The highest BCUT2D eigenvalue weighted by atomic mass is 32.1. The monoisotopic (exact) mass is 390 g/mol. The molecule has 7 heteroatoms. The molecule has 1 aromatic heterocycles. The lowest BCUT2D eigenvalue weighted by molar-refractivity contribution is 0.186. The summed E-state index contributed by atoms with van der Waals surface area (Å²) in [4.78, 5) is 14.7. The van der Waals surface area contributed by atoms with Crippen LogP contribution in [-0.2, 0) is 6.54 Å². The van der Waals surface area contributed by atoms with E-state index in [-0.39, 0.29) is 12.1 Å². The molecule has 148 valence electrons. The molecular formula is C20H30N4O2S. The van der Waals surface area contributed by atoms with Crippen LogP contribution in [0.4, 0.5) is 4.79 Å². The smallest absolute Gasteiger partial charge is 0.315 e. The molecule has 3 atom stereocenters. The molecule has 1 aliphatic carbocycles. The summed E-state index contributed by atoms with van der Waals surface area (Å²) in [5.41, 5.74) is 0. The molecule has 2 aliphatic heterocycles. The maximum absolute atomic E-state index is 12.4. The molecule has 6 nitrogen and oxygen atoms in total. The maximum atomic E-state index is 12.4. The number of rotatable bonds is 4. The van der Waals surface area contributed by atoms with Gasteiger partial charge in [0.2, 0.25) is 0 Å². The van der Waals surface area contributed by atoms with Gasteiger partial charge < -0.3 is 25.3 Å². The minimum absolute atomic E-state index is 0.0123. The van der Waals surface area contributed by atoms with Crippen LogP contribution in [0.3, 0.4) is 0 Å². The Labute approximate surface area is 166 Å². The quantitative estimate of drug-likeness (QED) is 0.689.